The van der Waals surface area contributed by atoms with Crippen LogP contribution in [0.4, 0.5) is 19.0 Å². The summed E-state index contributed by atoms with van der Waals surface area (Å²) >= 11 is 5.80. The quantitative estimate of drug-likeness (QED) is 0.919. The second-order valence-electron chi connectivity index (χ2n) is 3.77. The van der Waals surface area contributed by atoms with Gasteiger partial charge >= 0.3 is 6.18 Å². The van der Waals surface area contributed by atoms with Gasteiger partial charge in [-0.05, 0) is 13.8 Å². The summed E-state index contributed by atoms with van der Waals surface area (Å²) in [5, 5.41) is 8.71. The first-order valence-electron chi connectivity index (χ1n) is 5.18. The normalized spacial score (nSPS) is 11.7. The molecule has 1 aromatic heterocycles. The highest BCUT2D eigenvalue weighted by molar-refractivity contribution is 6.31. The van der Waals surface area contributed by atoms with Gasteiger partial charge in [-0.3, -0.25) is 0 Å². The number of aliphatic hydroxyl groups excluding tert-OH is 1. The third-order valence-electron chi connectivity index (χ3n) is 2.29. The first-order valence-corrected chi connectivity index (χ1v) is 5.55. The molecular formula is C10H13ClF3N3O. The monoisotopic (exact) mass is 283 g/mol. The Morgan fingerprint density at radius 2 is 1.78 bits per heavy atom. The van der Waals surface area contributed by atoms with Gasteiger partial charge in [0, 0.05) is 6.54 Å². The fourth-order valence-electron chi connectivity index (χ4n) is 1.36. The molecule has 1 aromatic rings. The molecule has 0 saturated carbocycles. The summed E-state index contributed by atoms with van der Waals surface area (Å²) in [6.07, 6.45) is -4.40. The van der Waals surface area contributed by atoms with Gasteiger partial charge in [-0.1, -0.05) is 11.6 Å². The van der Waals surface area contributed by atoms with Gasteiger partial charge in [0.2, 0.25) is 0 Å². The molecule has 8 heteroatoms. The van der Waals surface area contributed by atoms with Crippen LogP contribution in [0.15, 0.2) is 0 Å². The molecule has 1 heterocycles. The van der Waals surface area contributed by atoms with Crippen molar-refractivity contribution in [3.05, 3.63) is 16.5 Å². The van der Waals surface area contributed by atoms with Crippen LogP contribution in [0, 0.1) is 13.8 Å². The van der Waals surface area contributed by atoms with E-state index in [1.807, 2.05) is 0 Å². The molecule has 0 aromatic carbocycles. The number of rotatable bonds is 4. The third kappa shape index (κ3) is 3.99. The number of nitrogens with zero attached hydrogens (tertiary/aromatic N) is 3. The van der Waals surface area contributed by atoms with E-state index in [1.54, 1.807) is 13.8 Å². The molecule has 0 amide bonds. The summed E-state index contributed by atoms with van der Waals surface area (Å²) in [6.45, 7) is 1.42. The standard InChI is InChI=1S/C10H13ClF3N3O/c1-6-7(2)16-9(8(11)15-6)17(3-4-18)5-10(12,13)14/h18H,3-5H2,1-2H3. The van der Waals surface area contributed by atoms with E-state index in [2.05, 4.69) is 9.97 Å². The van der Waals surface area contributed by atoms with Crippen LogP contribution in [0.3, 0.4) is 0 Å². The van der Waals surface area contributed by atoms with Crippen molar-refractivity contribution in [2.45, 2.75) is 20.0 Å². The third-order valence-corrected chi connectivity index (χ3v) is 2.54. The van der Waals surface area contributed by atoms with Crippen molar-refractivity contribution < 1.29 is 18.3 Å². The Bertz CT molecular complexity index is 426. The van der Waals surface area contributed by atoms with Gasteiger partial charge in [-0.15, -0.1) is 0 Å². The van der Waals surface area contributed by atoms with Gasteiger partial charge in [-0.2, -0.15) is 13.2 Å². The maximum absolute atomic E-state index is 12.4. The van der Waals surface area contributed by atoms with E-state index in [9.17, 15) is 13.2 Å². The van der Waals surface area contributed by atoms with Crippen LogP contribution in [-0.4, -0.2) is 40.9 Å². The van der Waals surface area contributed by atoms with Crippen LogP contribution in [0.2, 0.25) is 5.15 Å². The number of halogens is 4. The Hall–Kier alpha value is -1.08. The molecule has 4 nitrogen and oxygen atoms in total. The zero-order valence-electron chi connectivity index (χ0n) is 9.92. The molecule has 0 aliphatic carbocycles. The molecule has 0 saturated heterocycles. The highest BCUT2D eigenvalue weighted by Crippen LogP contribution is 2.26. The molecule has 1 N–H and O–H groups in total. The van der Waals surface area contributed by atoms with Gasteiger partial charge in [0.15, 0.2) is 11.0 Å². The Morgan fingerprint density at radius 1 is 1.22 bits per heavy atom. The maximum atomic E-state index is 12.4. The van der Waals surface area contributed by atoms with Crippen molar-refractivity contribution >= 4 is 17.4 Å². The summed E-state index contributed by atoms with van der Waals surface area (Å²) in [5.41, 5.74) is 1.05. The van der Waals surface area contributed by atoms with Crippen molar-refractivity contribution in [1.82, 2.24) is 9.97 Å². The minimum atomic E-state index is -4.40. The number of hydrogen-bond donors (Lipinski definition) is 1. The molecule has 0 aliphatic heterocycles. The van der Waals surface area contributed by atoms with Gasteiger partial charge in [0.05, 0.1) is 18.0 Å². The van der Waals surface area contributed by atoms with Crippen molar-refractivity contribution in [3.8, 4) is 0 Å². The molecule has 102 valence electrons. The Labute approximate surface area is 107 Å². The molecule has 1 rings (SSSR count). The molecule has 18 heavy (non-hydrogen) atoms. The number of aryl methyl sites for hydroxylation is 2. The smallest absolute Gasteiger partial charge is 0.395 e. The lowest BCUT2D eigenvalue weighted by Gasteiger charge is -2.25. The highest BCUT2D eigenvalue weighted by atomic mass is 35.5. The fraction of sp³-hybridized carbons (Fsp3) is 0.600. The molecular weight excluding hydrogens is 271 g/mol. The minimum absolute atomic E-state index is 0.0638. The molecule has 0 atom stereocenters. The fourth-order valence-corrected chi connectivity index (χ4v) is 1.65. The molecule has 0 radical (unpaired) electrons. The van der Waals surface area contributed by atoms with E-state index < -0.39 is 19.3 Å². The van der Waals surface area contributed by atoms with Crippen LogP contribution < -0.4 is 4.90 Å². The number of hydrogen-bond acceptors (Lipinski definition) is 4. The van der Waals surface area contributed by atoms with E-state index >= 15 is 0 Å². The van der Waals surface area contributed by atoms with Crippen LogP contribution in [0.25, 0.3) is 0 Å². The first kappa shape index (κ1) is 15.0. The number of aromatic nitrogens is 2. The minimum Gasteiger partial charge on any atom is -0.395 e. The van der Waals surface area contributed by atoms with E-state index in [1.165, 1.54) is 0 Å². The number of aliphatic hydroxyl groups is 1. The van der Waals surface area contributed by atoms with E-state index in [0.29, 0.717) is 11.4 Å². The second-order valence-corrected chi connectivity index (χ2v) is 4.13. The zero-order chi connectivity index (χ0) is 13.9. The van der Waals surface area contributed by atoms with Crippen molar-refractivity contribution in [1.29, 1.82) is 0 Å². The van der Waals surface area contributed by atoms with Crippen LogP contribution >= 0.6 is 11.6 Å². The predicted molar refractivity (Wildman–Crippen MR) is 61.9 cm³/mol. The van der Waals surface area contributed by atoms with Gasteiger partial charge in [0.1, 0.15) is 6.54 Å². The SMILES string of the molecule is Cc1nc(Cl)c(N(CCO)CC(F)(F)F)nc1C. The molecule has 0 aliphatic rings. The summed E-state index contributed by atoms with van der Waals surface area (Å²) in [4.78, 5) is 8.78. The number of anilines is 1. The van der Waals surface area contributed by atoms with Crippen LogP contribution in [0.1, 0.15) is 11.4 Å². The molecule has 0 bridgehead atoms. The summed E-state index contributed by atoms with van der Waals surface area (Å²) in [7, 11) is 0. The average Bonchev–Trinajstić information content (AvgIpc) is 2.21. The molecule has 0 spiro atoms. The van der Waals surface area contributed by atoms with Gasteiger partial charge in [-0.25, -0.2) is 9.97 Å². The lowest BCUT2D eigenvalue weighted by atomic mass is 10.3. The Kier molecular flexibility index (Phi) is 4.75. The zero-order valence-corrected chi connectivity index (χ0v) is 10.7. The van der Waals surface area contributed by atoms with Gasteiger partial charge in [0.25, 0.3) is 0 Å². The highest BCUT2D eigenvalue weighted by Gasteiger charge is 2.32. The van der Waals surface area contributed by atoms with Crippen molar-refractivity contribution in [2.24, 2.45) is 0 Å². The second kappa shape index (κ2) is 5.71. The lowest BCUT2D eigenvalue weighted by molar-refractivity contribution is -0.120. The lowest BCUT2D eigenvalue weighted by Crippen LogP contribution is -2.37. The van der Waals surface area contributed by atoms with Gasteiger partial charge < -0.3 is 10.0 Å². The van der Waals surface area contributed by atoms with E-state index in [0.717, 1.165) is 4.90 Å². The predicted octanol–water partition coefficient (Wildman–Crippen LogP) is 2.11. The summed E-state index contributed by atoms with van der Waals surface area (Å²) in [5.74, 6) is -0.0638. The largest absolute Gasteiger partial charge is 0.405 e. The maximum Gasteiger partial charge on any atom is 0.405 e. The van der Waals surface area contributed by atoms with E-state index in [-0.39, 0.29) is 17.5 Å². The molecule has 0 fully saturated rings. The Morgan fingerprint density at radius 3 is 2.28 bits per heavy atom. The molecule has 0 unspecified atom stereocenters. The first-order chi connectivity index (χ1) is 8.24. The van der Waals surface area contributed by atoms with Crippen LogP contribution in [0.5, 0.6) is 0 Å². The van der Waals surface area contributed by atoms with E-state index in [4.69, 9.17) is 16.7 Å². The van der Waals surface area contributed by atoms with Crippen molar-refractivity contribution in [3.63, 3.8) is 0 Å². The topological polar surface area (TPSA) is 49.2 Å². The summed E-state index contributed by atoms with van der Waals surface area (Å²) in [6, 6.07) is 0. The number of alkyl halides is 3. The Balaban J connectivity index is 3.09. The summed E-state index contributed by atoms with van der Waals surface area (Å²) < 4.78 is 37.2. The van der Waals surface area contributed by atoms with Crippen molar-refractivity contribution in [2.75, 3.05) is 24.6 Å². The van der Waals surface area contributed by atoms with Crippen LogP contribution in [-0.2, 0) is 0 Å². The average molecular weight is 284 g/mol.